The molecule has 0 aliphatic heterocycles. The molecule has 1 aliphatic rings. The molecular formula is C29H32ClNO3. The average Bonchev–Trinajstić information content (AvgIpc) is 3.05. The van der Waals surface area contributed by atoms with Gasteiger partial charge >= 0.3 is 0 Å². The quantitative estimate of drug-likeness (QED) is 0.396. The Morgan fingerprint density at radius 1 is 1.09 bits per heavy atom. The van der Waals surface area contributed by atoms with E-state index < -0.39 is 6.10 Å². The summed E-state index contributed by atoms with van der Waals surface area (Å²) in [7, 11) is 0. The Hall–Kier alpha value is -2.66. The zero-order valence-corrected chi connectivity index (χ0v) is 20.4. The van der Waals surface area contributed by atoms with E-state index in [9.17, 15) is 9.90 Å². The Labute approximate surface area is 207 Å². The number of benzene rings is 3. The number of nitrogens with zero attached hydrogens (tertiary/aromatic N) is 1. The molecule has 178 valence electrons. The lowest BCUT2D eigenvalue weighted by Crippen LogP contribution is -2.39. The van der Waals surface area contributed by atoms with Gasteiger partial charge in [0, 0.05) is 24.2 Å². The first kappa shape index (κ1) is 24.5. The minimum absolute atomic E-state index is 0.0110. The highest BCUT2D eigenvalue weighted by molar-refractivity contribution is 6.30. The highest BCUT2D eigenvalue weighted by Crippen LogP contribution is 2.29. The molecule has 0 saturated heterocycles. The highest BCUT2D eigenvalue weighted by Gasteiger charge is 2.26. The van der Waals surface area contributed by atoms with Gasteiger partial charge in [-0.1, -0.05) is 60.1 Å². The molecule has 0 spiro atoms. The van der Waals surface area contributed by atoms with E-state index in [0.717, 1.165) is 43.5 Å². The molecule has 1 unspecified atom stereocenters. The van der Waals surface area contributed by atoms with Crippen LogP contribution in [-0.2, 0) is 24.2 Å². The predicted octanol–water partition coefficient (Wildman–Crippen LogP) is 5.79. The number of aliphatic hydroxyl groups is 1. The van der Waals surface area contributed by atoms with Crippen LogP contribution in [0.1, 0.15) is 48.1 Å². The molecule has 1 aliphatic carbocycles. The van der Waals surface area contributed by atoms with Crippen LogP contribution in [0, 0.1) is 0 Å². The molecule has 0 heterocycles. The van der Waals surface area contributed by atoms with Crippen LogP contribution in [0.5, 0.6) is 5.75 Å². The van der Waals surface area contributed by atoms with Crippen molar-refractivity contribution in [3.05, 3.63) is 100 Å². The van der Waals surface area contributed by atoms with Gasteiger partial charge in [-0.3, -0.25) is 9.69 Å². The van der Waals surface area contributed by atoms with Gasteiger partial charge in [0.1, 0.15) is 12.4 Å². The largest absolute Gasteiger partial charge is 0.486 e. The van der Waals surface area contributed by atoms with Crippen molar-refractivity contribution in [3.8, 4) is 5.75 Å². The lowest BCUT2D eigenvalue weighted by molar-refractivity contribution is -0.118. The van der Waals surface area contributed by atoms with Gasteiger partial charge in [-0.15, -0.1) is 0 Å². The number of halogens is 1. The number of rotatable bonds is 9. The van der Waals surface area contributed by atoms with Gasteiger partial charge in [-0.2, -0.15) is 0 Å². The molecule has 0 aromatic heterocycles. The van der Waals surface area contributed by atoms with Crippen molar-refractivity contribution >= 4 is 17.4 Å². The van der Waals surface area contributed by atoms with Crippen molar-refractivity contribution in [2.24, 2.45) is 0 Å². The first-order valence-electron chi connectivity index (χ1n) is 11.9. The Morgan fingerprint density at radius 3 is 2.68 bits per heavy atom. The van der Waals surface area contributed by atoms with Gasteiger partial charge in [0.25, 0.3) is 0 Å². The number of Topliss-reactive ketones (excluding diaryl/α,β-unsaturated/α-hetero) is 1. The SMILES string of the molecule is CC(=O)COc1ccc2c(c1)CC(N(Cc1ccccc1)C[C@H](O)c1cccc(Cl)c1)CCC2. The topological polar surface area (TPSA) is 49.8 Å². The third kappa shape index (κ3) is 6.69. The van der Waals surface area contributed by atoms with Crippen molar-refractivity contribution in [1.29, 1.82) is 0 Å². The van der Waals surface area contributed by atoms with E-state index in [1.165, 1.54) is 23.6 Å². The number of aryl methyl sites for hydroxylation is 1. The van der Waals surface area contributed by atoms with Crippen LogP contribution in [-0.4, -0.2) is 35.0 Å². The average molecular weight is 478 g/mol. The second kappa shape index (κ2) is 11.7. The van der Waals surface area contributed by atoms with E-state index in [1.807, 2.05) is 36.4 Å². The maximum absolute atomic E-state index is 11.4. The summed E-state index contributed by atoms with van der Waals surface area (Å²) in [6, 6.07) is 24.4. The van der Waals surface area contributed by atoms with Crippen LogP contribution in [0.4, 0.5) is 0 Å². The molecular weight excluding hydrogens is 446 g/mol. The third-order valence-corrected chi connectivity index (χ3v) is 6.68. The molecule has 0 radical (unpaired) electrons. The molecule has 4 nitrogen and oxygen atoms in total. The van der Waals surface area contributed by atoms with Gasteiger partial charge in [-0.05, 0) is 79.1 Å². The van der Waals surface area contributed by atoms with Gasteiger partial charge in [0.15, 0.2) is 5.78 Å². The molecule has 34 heavy (non-hydrogen) atoms. The molecule has 2 atom stereocenters. The van der Waals surface area contributed by atoms with E-state index in [4.69, 9.17) is 16.3 Å². The van der Waals surface area contributed by atoms with E-state index in [-0.39, 0.29) is 18.4 Å². The first-order chi connectivity index (χ1) is 16.5. The molecule has 4 rings (SSSR count). The Balaban J connectivity index is 1.57. The standard InChI is InChI=1S/C29H32ClNO3/c1-21(32)20-34-28-14-13-23-9-6-12-27(16-25(23)17-28)31(18-22-7-3-2-4-8-22)19-29(33)24-10-5-11-26(30)15-24/h2-5,7-8,10-11,13-15,17,27,29,33H,6,9,12,16,18-20H2,1H3/t27?,29-/m0/s1. The van der Waals surface area contributed by atoms with Crippen LogP contribution >= 0.6 is 11.6 Å². The normalized spacial score (nSPS) is 16.5. The Morgan fingerprint density at radius 2 is 1.91 bits per heavy atom. The minimum Gasteiger partial charge on any atom is -0.486 e. The Bertz CT molecular complexity index is 1100. The van der Waals surface area contributed by atoms with Crippen LogP contribution in [0.15, 0.2) is 72.8 Å². The summed E-state index contributed by atoms with van der Waals surface area (Å²) in [5.41, 5.74) is 4.66. The smallest absolute Gasteiger partial charge is 0.167 e. The van der Waals surface area contributed by atoms with Crippen LogP contribution in [0.25, 0.3) is 0 Å². The van der Waals surface area contributed by atoms with E-state index in [0.29, 0.717) is 11.6 Å². The number of ketones is 1. The lowest BCUT2D eigenvalue weighted by Gasteiger charge is -2.33. The summed E-state index contributed by atoms with van der Waals surface area (Å²) in [4.78, 5) is 13.8. The molecule has 0 saturated carbocycles. The lowest BCUT2D eigenvalue weighted by atomic mass is 9.99. The highest BCUT2D eigenvalue weighted by atomic mass is 35.5. The van der Waals surface area contributed by atoms with Gasteiger partial charge in [0.05, 0.1) is 6.10 Å². The second-order valence-corrected chi connectivity index (χ2v) is 9.59. The van der Waals surface area contributed by atoms with E-state index in [2.05, 4.69) is 41.3 Å². The predicted molar refractivity (Wildman–Crippen MR) is 136 cm³/mol. The Kier molecular flexibility index (Phi) is 8.39. The fraction of sp³-hybridized carbons (Fsp3) is 0.345. The maximum Gasteiger partial charge on any atom is 0.167 e. The molecule has 0 bridgehead atoms. The molecule has 3 aromatic rings. The zero-order chi connectivity index (χ0) is 23.9. The van der Waals surface area contributed by atoms with Crippen LogP contribution < -0.4 is 4.74 Å². The minimum atomic E-state index is -0.629. The summed E-state index contributed by atoms with van der Waals surface area (Å²) in [5, 5.41) is 11.7. The maximum atomic E-state index is 11.4. The first-order valence-corrected chi connectivity index (χ1v) is 12.3. The molecule has 0 amide bonds. The number of hydrogen-bond acceptors (Lipinski definition) is 4. The van der Waals surface area contributed by atoms with Crippen molar-refractivity contribution in [2.75, 3.05) is 13.2 Å². The van der Waals surface area contributed by atoms with Crippen LogP contribution in [0.3, 0.4) is 0 Å². The number of aliphatic hydroxyl groups excluding tert-OH is 1. The summed E-state index contributed by atoms with van der Waals surface area (Å²) in [6.07, 6.45) is 3.41. The monoisotopic (exact) mass is 477 g/mol. The fourth-order valence-corrected chi connectivity index (χ4v) is 4.91. The van der Waals surface area contributed by atoms with E-state index in [1.54, 1.807) is 0 Å². The number of carbonyl (C=O) groups excluding carboxylic acids is 1. The number of fused-ring (bicyclic) bond motifs is 1. The molecule has 3 aromatic carbocycles. The number of carbonyl (C=O) groups is 1. The van der Waals surface area contributed by atoms with Crippen molar-refractivity contribution in [1.82, 2.24) is 4.90 Å². The summed E-state index contributed by atoms with van der Waals surface area (Å²) in [5.74, 6) is 0.750. The van der Waals surface area contributed by atoms with Crippen molar-refractivity contribution < 1.29 is 14.6 Å². The zero-order valence-electron chi connectivity index (χ0n) is 19.6. The summed E-state index contributed by atoms with van der Waals surface area (Å²) < 4.78 is 5.68. The third-order valence-electron chi connectivity index (χ3n) is 6.44. The molecule has 0 fully saturated rings. The van der Waals surface area contributed by atoms with Crippen molar-refractivity contribution in [2.45, 2.75) is 51.3 Å². The van der Waals surface area contributed by atoms with Gasteiger partial charge < -0.3 is 9.84 Å². The summed E-state index contributed by atoms with van der Waals surface area (Å²) >= 11 is 6.18. The van der Waals surface area contributed by atoms with Crippen LogP contribution in [0.2, 0.25) is 5.02 Å². The number of ether oxygens (including phenoxy) is 1. The second-order valence-electron chi connectivity index (χ2n) is 9.16. The van der Waals surface area contributed by atoms with Gasteiger partial charge in [0.2, 0.25) is 0 Å². The fourth-order valence-electron chi connectivity index (χ4n) is 4.71. The molecule has 1 N–H and O–H groups in total. The summed E-state index contributed by atoms with van der Waals surface area (Å²) in [6.45, 7) is 2.91. The molecule has 5 heteroatoms. The van der Waals surface area contributed by atoms with E-state index >= 15 is 0 Å². The van der Waals surface area contributed by atoms with Gasteiger partial charge in [-0.25, -0.2) is 0 Å². The number of hydrogen-bond donors (Lipinski definition) is 1. The van der Waals surface area contributed by atoms with Crippen molar-refractivity contribution in [3.63, 3.8) is 0 Å².